The fourth-order valence-electron chi connectivity index (χ4n) is 1.15. The summed E-state index contributed by atoms with van der Waals surface area (Å²) in [6.45, 7) is 0. The number of rotatable bonds is 1. The average Bonchev–Trinajstić information content (AvgIpc) is 2.23. The predicted octanol–water partition coefficient (Wildman–Crippen LogP) is 2.49. The van der Waals surface area contributed by atoms with E-state index in [4.69, 9.17) is 5.73 Å². The number of halogens is 1. The molecule has 0 aliphatic rings. The molecule has 2 aromatic heterocycles. The van der Waals surface area contributed by atoms with Crippen molar-refractivity contribution in [1.29, 1.82) is 0 Å². The topological polar surface area (TPSA) is 51.8 Å². The summed E-state index contributed by atoms with van der Waals surface area (Å²) >= 11 is 3.34. The SMILES string of the molecule is Nc1ncc(-c2ccncc2)cc1Br. The molecule has 0 fully saturated rings. The van der Waals surface area contributed by atoms with Crippen molar-refractivity contribution >= 4 is 21.7 Å². The van der Waals surface area contributed by atoms with Gasteiger partial charge in [0.2, 0.25) is 0 Å². The molecule has 2 N–H and O–H groups in total. The van der Waals surface area contributed by atoms with Crippen LogP contribution in [0.15, 0.2) is 41.3 Å². The molecule has 0 aromatic carbocycles. The predicted molar refractivity (Wildman–Crippen MR) is 59.6 cm³/mol. The third-order valence-corrected chi connectivity index (χ3v) is 2.52. The lowest BCUT2D eigenvalue weighted by Crippen LogP contribution is -1.91. The van der Waals surface area contributed by atoms with Crippen LogP contribution in [0.4, 0.5) is 5.82 Å². The van der Waals surface area contributed by atoms with Crippen molar-refractivity contribution in [3.63, 3.8) is 0 Å². The first-order valence-corrected chi connectivity index (χ1v) is 4.88. The Morgan fingerprint density at radius 2 is 1.86 bits per heavy atom. The molecule has 2 heterocycles. The van der Waals surface area contributed by atoms with Gasteiger partial charge in [-0.3, -0.25) is 4.98 Å². The first kappa shape index (κ1) is 9.15. The summed E-state index contributed by atoms with van der Waals surface area (Å²) in [6.07, 6.45) is 5.24. The fourth-order valence-corrected chi connectivity index (χ4v) is 1.50. The second kappa shape index (κ2) is 3.75. The zero-order valence-corrected chi connectivity index (χ0v) is 8.90. The Kier molecular flexibility index (Phi) is 2.45. The van der Waals surface area contributed by atoms with Crippen LogP contribution in [-0.2, 0) is 0 Å². The van der Waals surface area contributed by atoms with Crippen LogP contribution >= 0.6 is 15.9 Å². The summed E-state index contributed by atoms with van der Waals surface area (Å²) in [4.78, 5) is 8.02. The highest BCUT2D eigenvalue weighted by atomic mass is 79.9. The Balaban J connectivity index is 2.48. The van der Waals surface area contributed by atoms with E-state index in [1.807, 2.05) is 18.2 Å². The smallest absolute Gasteiger partial charge is 0.137 e. The van der Waals surface area contributed by atoms with Gasteiger partial charge in [-0.1, -0.05) is 0 Å². The monoisotopic (exact) mass is 249 g/mol. The van der Waals surface area contributed by atoms with E-state index in [0.717, 1.165) is 15.6 Å². The summed E-state index contributed by atoms with van der Waals surface area (Å²) < 4.78 is 0.812. The molecule has 0 amide bonds. The molecule has 0 saturated heterocycles. The molecule has 14 heavy (non-hydrogen) atoms. The van der Waals surface area contributed by atoms with Crippen molar-refractivity contribution in [2.45, 2.75) is 0 Å². The fraction of sp³-hybridized carbons (Fsp3) is 0. The lowest BCUT2D eigenvalue weighted by atomic mass is 10.1. The van der Waals surface area contributed by atoms with Crippen LogP contribution in [0.5, 0.6) is 0 Å². The maximum absolute atomic E-state index is 5.60. The van der Waals surface area contributed by atoms with Gasteiger partial charge >= 0.3 is 0 Å². The summed E-state index contributed by atoms with van der Waals surface area (Å²) in [7, 11) is 0. The lowest BCUT2D eigenvalue weighted by molar-refractivity contribution is 1.30. The quantitative estimate of drug-likeness (QED) is 0.845. The molecular weight excluding hydrogens is 242 g/mol. The molecule has 0 atom stereocenters. The molecular formula is C10H8BrN3. The molecule has 0 saturated carbocycles. The van der Waals surface area contributed by atoms with Gasteiger partial charge in [0, 0.05) is 24.2 Å². The van der Waals surface area contributed by atoms with Crippen molar-refractivity contribution < 1.29 is 0 Å². The second-order valence-corrected chi connectivity index (χ2v) is 3.68. The van der Waals surface area contributed by atoms with Crippen LogP contribution in [0, 0.1) is 0 Å². The number of aromatic nitrogens is 2. The van der Waals surface area contributed by atoms with Gasteiger partial charge in [-0.15, -0.1) is 0 Å². The molecule has 3 nitrogen and oxygen atoms in total. The molecule has 0 spiro atoms. The van der Waals surface area contributed by atoms with Gasteiger partial charge in [-0.25, -0.2) is 4.98 Å². The summed E-state index contributed by atoms with van der Waals surface area (Å²) in [5.74, 6) is 0.503. The zero-order valence-electron chi connectivity index (χ0n) is 7.31. The maximum Gasteiger partial charge on any atom is 0.137 e. The van der Waals surface area contributed by atoms with Gasteiger partial charge in [-0.2, -0.15) is 0 Å². The Labute approximate surface area is 90.1 Å². The summed E-state index contributed by atoms with van der Waals surface area (Å²) in [5.41, 5.74) is 7.70. The molecule has 70 valence electrons. The van der Waals surface area contributed by atoms with Crippen molar-refractivity contribution in [2.75, 3.05) is 5.73 Å². The summed E-state index contributed by atoms with van der Waals surface area (Å²) in [5, 5.41) is 0. The minimum Gasteiger partial charge on any atom is -0.383 e. The molecule has 0 unspecified atom stereocenters. The van der Waals surface area contributed by atoms with Crippen LogP contribution in [0.3, 0.4) is 0 Å². The van der Waals surface area contributed by atoms with Crippen molar-refractivity contribution in [1.82, 2.24) is 9.97 Å². The summed E-state index contributed by atoms with van der Waals surface area (Å²) in [6, 6.07) is 5.80. The van der Waals surface area contributed by atoms with E-state index in [1.165, 1.54) is 0 Å². The van der Waals surface area contributed by atoms with E-state index in [-0.39, 0.29) is 0 Å². The minimum absolute atomic E-state index is 0.503. The van der Waals surface area contributed by atoms with Crippen LogP contribution in [0.1, 0.15) is 0 Å². The Morgan fingerprint density at radius 1 is 1.14 bits per heavy atom. The number of hydrogen-bond acceptors (Lipinski definition) is 3. The second-order valence-electron chi connectivity index (χ2n) is 2.83. The molecule has 2 rings (SSSR count). The van der Waals surface area contributed by atoms with E-state index in [0.29, 0.717) is 5.82 Å². The van der Waals surface area contributed by atoms with E-state index in [2.05, 4.69) is 25.9 Å². The van der Waals surface area contributed by atoms with Gasteiger partial charge in [0.25, 0.3) is 0 Å². The van der Waals surface area contributed by atoms with Crippen LogP contribution < -0.4 is 5.73 Å². The Hall–Kier alpha value is -1.42. The lowest BCUT2D eigenvalue weighted by Gasteiger charge is -2.02. The number of nitrogen functional groups attached to an aromatic ring is 1. The van der Waals surface area contributed by atoms with Gasteiger partial charge in [0.15, 0.2) is 0 Å². The number of nitrogens with zero attached hydrogens (tertiary/aromatic N) is 2. The standard InChI is InChI=1S/C10H8BrN3/c11-9-5-8(6-14-10(9)12)7-1-3-13-4-2-7/h1-6H,(H2,12,14). The molecule has 4 heteroatoms. The Morgan fingerprint density at radius 3 is 2.50 bits per heavy atom. The van der Waals surface area contributed by atoms with E-state index in [1.54, 1.807) is 18.6 Å². The largest absolute Gasteiger partial charge is 0.383 e. The first-order chi connectivity index (χ1) is 6.77. The van der Waals surface area contributed by atoms with Crippen LogP contribution in [-0.4, -0.2) is 9.97 Å². The average molecular weight is 250 g/mol. The third kappa shape index (κ3) is 1.75. The van der Waals surface area contributed by atoms with E-state index < -0.39 is 0 Å². The number of hydrogen-bond donors (Lipinski definition) is 1. The van der Waals surface area contributed by atoms with Crippen molar-refractivity contribution in [3.8, 4) is 11.1 Å². The normalized spacial score (nSPS) is 10.1. The van der Waals surface area contributed by atoms with Gasteiger partial charge < -0.3 is 5.73 Å². The van der Waals surface area contributed by atoms with Crippen LogP contribution in [0.2, 0.25) is 0 Å². The van der Waals surface area contributed by atoms with Crippen molar-refractivity contribution in [2.24, 2.45) is 0 Å². The van der Waals surface area contributed by atoms with Gasteiger partial charge in [0.05, 0.1) is 4.47 Å². The Bertz CT molecular complexity index is 442. The van der Waals surface area contributed by atoms with E-state index >= 15 is 0 Å². The zero-order chi connectivity index (χ0) is 9.97. The van der Waals surface area contributed by atoms with Crippen molar-refractivity contribution in [3.05, 3.63) is 41.3 Å². The number of pyridine rings is 2. The number of anilines is 1. The minimum atomic E-state index is 0.503. The molecule has 0 aliphatic carbocycles. The third-order valence-electron chi connectivity index (χ3n) is 1.88. The highest BCUT2D eigenvalue weighted by Gasteiger charge is 2.01. The first-order valence-electron chi connectivity index (χ1n) is 4.09. The molecule has 2 aromatic rings. The van der Waals surface area contributed by atoms with E-state index in [9.17, 15) is 0 Å². The highest BCUT2D eigenvalue weighted by Crippen LogP contribution is 2.24. The van der Waals surface area contributed by atoms with Gasteiger partial charge in [0.1, 0.15) is 5.82 Å². The maximum atomic E-state index is 5.60. The number of nitrogens with two attached hydrogens (primary N) is 1. The highest BCUT2D eigenvalue weighted by molar-refractivity contribution is 9.10. The molecule has 0 bridgehead atoms. The van der Waals surface area contributed by atoms with Crippen LogP contribution in [0.25, 0.3) is 11.1 Å². The molecule has 0 aliphatic heterocycles. The van der Waals surface area contributed by atoms with Gasteiger partial charge in [-0.05, 0) is 39.7 Å². The molecule has 0 radical (unpaired) electrons.